The van der Waals surface area contributed by atoms with E-state index in [9.17, 15) is 14.4 Å². The van der Waals surface area contributed by atoms with Gasteiger partial charge in [0.2, 0.25) is 0 Å². The fraction of sp³-hybridized carbons (Fsp3) is 0.120. The lowest BCUT2D eigenvalue weighted by Crippen LogP contribution is -2.28. The predicted octanol–water partition coefficient (Wildman–Crippen LogP) is 3.70. The van der Waals surface area contributed by atoms with Gasteiger partial charge in [0.05, 0.1) is 0 Å². The zero-order valence-electron chi connectivity index (χ0n) is 17.7. The van der Waals surface area contributed by atoms with E-state index >= 15 is 0 Å². The van der Waals surface area contributed by atoms with E-state index in [0.29, 0.717) is 22.0 Å². The third kappa shape index (κ3) is 4.13. The molecule has 7 nitrogen and oxygen atoms in total. The molecular weight excluding hydrogens is 406 g/mol. The van der Waals surface area contributed by atoms with Gasteiger partial charge in [0.15, 0.2) is 6.61 Å². The van der Waals surface area contributed by atoms with Gasteiger partial charge in [-0.05, 0) is 36.1 Å². The molecule has 1 amide bonds. The van der Waals surface area contributed by atoms with Gasteiger partial charge in [-0.3, -0.25) is 14.6 Å². The fourth-order valence-electron chi connectivity index (χ4n) is 3.55. The first-order valence-electron chi connectivity index (χ1n) is 10.0. The van der Waals surface area contributed by atoms with E-state index in [1.165, 1.54) is 11.6 Å². The Labute approximate surface area is 184 Å². The molecule has 0 radical (unpaired) electrons. The third-order valence-corrected chi connectivity index (χ3v) is 5.14. The number of hydrogen-bond donors (Lipinski definition) is 1. The Morgan fingerprint density at radius 1 is 0.969 bits per heavy atom. The van der Waals surface area contributed by atoms with Crippen LogP contribution < -0.4 is 10.9 Å². The summed E-state index contributed by atoms with van der Waals surface area (Å²) in [5, 5.41) is 3.78. The highest BCUT2D eigenvalue weighted by Gasteiger charge is 2.23. The van der Waals surface area contributed by atoms with Gasteiger partial charge in [-0.2, -0.15) is 0 Å². The van der Waals surface area contributed by atoms with Gasteiger partial charge in [0.25, 0.3) is 11.5 Å². The van der Waals surface area contributed by atoms with Crippen LogP contribution in [0.1, 0.15) is 16.1 Å². The Balaban J connectivity index is 1.72. The summed E-state index contributed by atoms with van der Waals surface area (Å²) >= 11 is 0. The smallest absolute Gasteiger partial charge is 0.356 e. The molecule has 7 heteroatoms. The molecule has 0 saturated carbocycles. The zero-order valence-corrected chi connectivity index (χ0v) is 17.7. The number of rotatable bonds is 5. The number of ether oxygens (including phenoxy) is 1. The van der Waals surface area contributed by atoms with Crippen molar-refractivity contribution in [1.82, 2.24) is 9.55 Å². The molecule has 0 aliphatic heterocycles. The normalized spacial score (nSPS) is 10.7. The summed E-state index contributed by atoms with van der Waals surface area (Å²) in [4.78, 5) is 42.2. The van der Waals surface area contributed by atoms with E-state index in [1.54, 1.807) is 42.7 Å². The van der Waals surface area contributed by atoms with Crippen LogP contribution in [0.5, 0.6) is 0 Å². The number of nitrogens with zero attached hydrogens (tertiary/aromatic N) is 2. The van der Waals surface area contributed by atoms with E-state index in [1.807, 2.05) is 37.3 Å². The molecule has 0 spiro atoms. The molecule has 0 aliphatic carbocycles. The summed E-state index contributed by atoms with van der Waals surface area (Å²) in [6, 6.07) is 18.1. The van der Waals surface area contributed by atoms with Gasteiger partial charge in [0, 0.05) is 36.1 Å². The Kier molecular flexibility index (Phi) is 5.81. The second-order valence-electron chi connectivity index (χ2n) is 7.36. The summed E-state index contributed by atoms with van der Waals surface area (Å²) in [5.74, 6) is -1.25. The highest BCUT2D eigenvalue weighted by molar-refractivity contribution is 6.07. The number of benzene rings is 2. The van der Waals surface area contributed by atoms with Gasteiger partial charge in [-0.15, -0.1) is 0 Å². The predicted molar refractivity (Wildman–Crippen MR) is 123 cm³/mol. The van der Waals surface area contributed by atoms with Gasteiger partial charge >= 0.3 is 5.97 Å². The SMILES string of the molecule is Cc1ccc(-c2c(C(=O)OCC(=O)Nc3ccncc3)n(C)c(=O)c3ccccc23)cc1. The molecule has 1 N–H and O–H groups in total. The second-order valence-corrected chi connectivity index (χ2v) is 7.36. The van der Waals surface area contributed by atoms with Crippen molar-refractivity contribution in [3.05, 3.63) is 94.7 Å². The fourth-order valence-corrected chi connectivity index (χ4v) is 3.55. The van der Waals surface area contributed by atoms with E-state index in [2.05, 4.69) is 10.3 Å². The quantitative estimate of drug-likeness (QED) is 0.491. The number of fused-ring (bicyclic) bond motifs is 1. The third-order valence-electron chi connectivity index (χ3n) is 5.14. The summed E-state index contributed by atoms with van der Waals surface area (Å²) in [5.41, 5.74) is 2.75. The number of aromatic nitrogens is 2. The van der Waals surface area contributed by atoms with Crippen LogP contribution in [0.4, 0.5) is 5.69 Å². The van der Waals surface area contributed by atoms with Crippen LogP contribution in [0.3, 0.4) is 0 Å². The highest BCUT2D eigenvalue weighted by atomic mass is 16.5. The number of nitrogens with one attached hydrogen (secondary N) is 1. The minimum Gasteiger partial charge on any atom is -0.451 e. The number of anilines is 1. The van der Waals surface area contributed by atoms with Crippen LogP contribution in [0.2, 0.25) is 0 Å². The van der Waals surface area contributed by atoms with Gasteiger partial charge in [0.1, 0.15) is 5.69 Å². The van der Waals surface area contributed by atoms with E-state index in [-0.39, 0.29) is 11.3 Å². The zero-order chi connectivity index (χ0) is 22.7. The second kappa shape index (κ2) is 8.85. The lowest BCUT2D eigenvalue weighted by atomic mass is 9.96. The number of aryl methyl sites for hydroxylation is 1. The van der Waals surface area contributed by atoms with Crippen molar-refractivity contribution in [2.24, 2.45) is 7.05 Å². The van der Waals surface area contributed by atoms with Crippen LogP contribution in [-0.4, -0.2) is 28.0 Å². The molecule has 4 rings (SSSR count). The maximum atomic E-state index is 13.1. The molecule has 0 unspecified atom stereocenters. The van der Waals surface area contributed by atoms with Gasteiger partial charge in [-0.25, -0.2) is 4.79 Å². The summed E-state index contributed by atoms with van der Waals surface area (Å²) < 4.78 is 6.58. The van der Waals surface area contributed by atoms with Crippen molar-refractivity contribution in [2.75, 3.05) is 11.9 Å². The number of hydrogen-bond acceptors (Lipinski definition) is 5. The minimum absolute atomic E-state index is 0.0919. The largest absolute Gasteiger partial charge is 0.451 e. The van der Waals surface area contributed by atoms with Gasteiger partial charge < -0.3 is 14.6 Å². The first-order chi connectivity index (χ1) is 15.5. The highest BCUT2D eigenvalue weighted by Crippen LogP contribution is 2.31. The van der Waals surface area contributed by atoms with E-state index < -0.39 is 18.5 Å². The standard InChI is InChI=1S/C25H21N3O4/c1-16-7-9-17(10-8-16)22-19-5-3-4-6-20(19)24(30)28(2)23(22)25(31)32-15-21(29)27-18-11-13-26-14-12-18/h3-14H,15H2,1-2H3,(H,26,27,29). The van der Waals surface area contributed by atoms with Crippen LogP contribution in [-0.2, 0) is 16.6 Å². The number of amides is 1. The Morgan fingerprint density at radius 3 is 2.31 bits per heavy atom. The summed E-state index contributed by atoms with van der Waals surface area (Å²) in [6.45, 7) is 1.48. The van der Waals surface area contributed by atoms with Crippen molar-refractivity contribution in [3.8, 4) is 11.1 Å². The van der Waals surface area contributed by atoms with Crippen LogP contribution >= 0.6 is 0 Å². The molecule has 2 aromatic carbocycles. The Hall–Kier alpha value is -4.26. The van der Waals surface area contributed by atoms with Crippen LogP contribution in [0.25, 0.3) is 21.9 Å². The Bertz CT molecular complexity index is 1360. The minimum atomic E-state index is -0.754. The molecular formula is C25H21N3O4. The van der Waals surface area contributed by atoms with E-state index in [4.69, 9.17) is 4.74 Å². The first kappa shape index (κ1) is 21.0. The number of carbonyl (C=O) groups excluding carboxylic acids is 2. The number of esters is 1. The molecule has 0 bridgehead atoms. The van der Waals surface area contributed by atoms with Crippen LogP contribution in [0.15, 0.2) is 77.9 Å². The average Bonchev–Trinajstić information content (AvgIpc) is 2.81. The molecule has 0 aliphatic rings. The van der Waals surface area contributed by atoms with Crippen LogP contribution in [0, 0.1) is 6.92 Å². The number of carbonyl (C=O) groups is 2. The average molecular weight is 427 g/mol. The summed E-state index contributed by atoms with van der Waals surface area (Å²) in [6.07, 6.45) is 3.08. The molecule has 2 heterocycles. The lowest BCUT2D eigenvalue weighted by molar-refractivity contribution is -0.119. The van der Waals surface area contributed by atoms with Crippen molar-refractivity contribution < 1.29 is 14.3 Å². The monoisotopic (exact) mass is 427 g/mol. The van der Waals surface area contributed by atoms with Crippen molar-refractivity contribution >= 4 is 28.3 Å². The maximum absolute atomic E-state index is 13.1. The van der Waals surface area contributed by atoms with E-state index in [0.717, 1.165) is 11.1 Å². The molecule has 0 saturated heterocycles. The molecule has 32 heavy (non-hydrogen) atoms. The lowest BCUT2D eigenvalue weighted by Gasteiger charge is -2.17. The van der Waals surface area contributed by atoms with Crippen molar-refractivity contribution in [3.63, 3.8) is 0 Å². The molecule has 0 fully saturated rings. The topological polar surface area (TPSA) is 90.3 Å². The Morgan fingerprint density at radius 2 is 1.62 bits per heavy atom. The molecule has 4 aromatic rings. The molecule has 2 aromatic heterocycles. The molecule has 0 atom stereocenters. The van der Waals surface area contributed by atoms with Crippen molar-refractivity contribution in [2.45, 2.75) is 6.92 Å². The first-order valence-corrected chi connectivity index (χ1v) is 10.0. The van der Waals surface area contributed by atoms with Crippen molar-refractivity contribution in [1.29, 1.82) is 0 Å². The summed E-state index contributed by atoms with van der Waals surface area (Å²) in [7, 11) is 1.53. The number of pyridine rings is 2. The van der Waals surface area contributed by atoms with Gasteiger partial charge in [-0.1, -0.05) is 48.0 Å². The maximum Gasteiger partial charge on any atom is 0.356 e. The molecule has 160 valence electrons.